The summed E-state index contributed by atoms with van der Waals surface area (Å²) in [6, 6.07) is 2.78. The number of nitrogens with zero attached hydrogens (tertiary/aromatic N) is 3. The van der Waals surface area contributed by atoms with Crippen LogP contribution in [0.2, 0.25) is 0 Å². The van der Waals surface area contributed by atoms with Crippen molar-refractivity contribution in [3.05, 3.63) is 52.9 Å². The number of aliphatic carboxylic acids is 1. The third-order valence-electron chi connectivity index (χ3n) is 5.35. The van der Waals surface area contributed by atoms with Gasteiger partial charge in [-0.1, -0.05) is 0 Å². The molecule has 3 atom stereocenters. The fourth-order valence-corrected chi connectivity index (χ4v) is 4.30. The topological polar surface area (TPSA) is 128 Å². The normalized spacial score (nSPS) is 23.2. The number of benzene rings is 1. The molecule has 0 amide bonds. The Morgan fingerprint density at radius 1 is 1.26 bits per heavy atom. The standard InChI is InChI=1S/C17H20F2N4O3S.C2HF3O2/c1-27(24,25)23-7-10-6-22(8-16(10)21-23)12-5-15(20)17(26-9-12)13-4-11(18)2-3-14(13)19;3-2(4,5)1(6)7/h2-4,7,12,15,17H,5-6,8-9,20H2,1H3;(H,6,7)/t12-,15+,17-;/m1./s1. The van der Waals surface area contributed by atoms with E-state index in [1.807, 2.05) is 0 Å². The highest BCUT2D eigenvalue weighted by atomic mass is 32.2. The average Bonchev–Trinajstić information content (AvgIpc) is 3.29. The number of nitrogens with two attached hydrogens (primary N) is 1. The molecule has 2 aliphatic heterocycles. The lowest BCUT2D eigenvalue weighted by molar-refractivity contribution is -0.192. The molecule has 0 radical (unpaired) electrons. The van der Waals surface area contributed by atoms with Gasteiger partial charge in [0.2, 0.25) is 0 Å². The van der Waals surface area contributed by atoms with Gasteiger partial charge >= 0.3 is 12.1 Å². The molecule has 3 N–H and O–H groups in total. The fourth-order valence-electron chi connectivity index (χ4n) is 3.73. The van der Waals surface area contributed by atoms with E-state index in [2.05, 4.69) is 10.00 Å². The Morgan fingerprint density at radius 2 is 1.91 bits per heavy atom. The molecule has 0 bridgehead atoms. The smallest absolute Gasteiger partial charge is 0.475 e. The number of carboxylic acid groups (broad SMARTS) is 1. The molecule has 1 saturated heterocycles. The van der Waals surface area contributed by atoms with E-state index >= 15 is 0 Å². The molecule has 0 saturated carbocycles. The third kappa shape index (κ3) is 5.89. The molecule has 1 fully saturated rings. The highest BCUT2D eigenvalue weighted by Crippen LogP contribution is 2.34. The molecule has 0 spiro atoms. The van der Waals surface area contributed by atoms with E-state index in [1.54, 1.807) is 0 Å². The first-order chi connectivity index (χ1) is 15.7. The number of rotatable bonds is 3. The predicted molar refractivity (Wildman–Crippen MR) is 107 cm³/mol. The van der Waals surface area contributed by atoms with Gasteiger partial charge in [-0.15, -0.1) is 0 Å². The van der Waals surface area contributed by atoms with Crippen LogP contribution in [0, 0.1) is 11.6 Å². The quantitative estimate of drug-likeness (QED) is 0.596. The number of carboxylic acids is 1. The summed E-state index contributed by atoms with van der Waals surface area (Å²) in [6.45, 7) is 1.37. The highest BCUT2D eigenvalue weighted by Gasteiger charge is 2.38. The van der Waals surface area contributed by atoms with Gasteiger partial charge < -0.3 is 15.6 Å². The second kappa shape index (κ2) is 9.56. The summed E-state index contributed by atoms with van der Waals surface area (Å²) >= 11 is 0. The van der Waals surface area contributed by atoms with Gasteiger partial charge in [0.05, 0.1) is 18.6 Å². The Bertz CT molecular complexity index is 1150. The molecular weight excluding hydrogens is 491 g/mol. The van der Waals surface area contributed by atoms with Gasteiger partial charge in [0, 0.05) is 42.5 Å². The largest absolute Gasteiger partial charge is 0.490 e. The van der Waals surface area contributed by atoms with E-state index < -0.39 is 45.9 Å². The maximum absolute atomic E-state index is 14.0. The van der Waals surface area contributed by atoms with Crippen molar-refractivity contribution in [1.82, 2.24) is 14.1 Å². The van der Waals surface area contributed by atoms with Crippen LogP contribution in [-0.2, 0) is 32.6 Å². The maximum Gasteiger partial charge on any atom is 0.490 e. The summed E-state index contributed by atoms with van der Waals surface area (Å²) in [7, 11) is -3.40. The first kappa shape index (κ1) is 26.0. The van der Waals surface area contributed by atoms with Crippen molar-refractivity contribution >= 4 is 16.0 Å². The molecule has 3 heterocycles. The van der Waals surface area contributed by atoms with Crippen LogP contribution < -0.4 is 5.73 Å². The lowest BCUT2D eigenvalue weighted by Crippen LogP contribution is -2.47. The molecule has 4 rings (SSSR count). The van der Waals surface area contributed by atoms with Crippen molar-refractivity contribution in [3.8, 4) is 0 Å². The van der Waals surface area contributed by atoms with Crippen LogP contribution in [-0.4, -0.2) is 64.7 Å². The Hall–Kier alpha value is -2.62. The van der Waals surface area contributed by atoms with Crippen molar-refractivity contribution in [3.63, 3.8) is 0 Å². The van der Waals surface area contributed by atoms with E-state index in [1.165, 1.54) is 6.20 Å². The van der Waals surface area contributed by atoms with Crippen LogP contribution >= 0.6 is 0 Å². The molecule has 2 aromatic rings. The number of halogens is 5. The van der Waals surface area contributed by atoms with Crippen molar-refractivity contribution in [2.24, 2.45) is 5.73 Å². The van der Waals surface area contributed by atoms with Gasteiger partial charge in [-0.25, -0.2) is 22.0 Å². The summed E-state index contributed by atoms with van der Waals surface area (Å²) < 4.78 is 89.2. The van der Waals surface area contributed by atoms with Gasteiger partial charge in [0.1, 0.15) is 17.7 Å². The number of alkyl halides is 3. The number of carbonyl (C=O) groups is 1. The van der Waals surface area contributed by atoms with E-state index in [-0.39, 0.29) is 11.6 Å². The Labute approximate surface area is 190 Å². The second-order valence-corrected chi connectivity index (χ2v) is 9.76. The van der Waals surface area contributed by atoms with E-state index in [0.29, 0.717) is 31.8 Å². The molecular formula is C19H21F5N4O5S. The zero-order chi connectivity index (χ0) is 25.4. The average molecular weight is 512 g/mol. The minimum Gasteiger partial charge on any atom is -0.475 e. The second-order valence-electron chi connectivity index (χ2n) is 7.92. The van der Waals surface area contributed by atoms with E-state index in [9.17, 15) is 30.4 Å². The molecule has 9 nitrogen and oxygen atoms in total. The molecule has 1 aromatic heterocycles. The van der Waals surface area contributed by atoms with Gasteiger partial charge in [0.15, 0.2) is 0 Å². The molecule has 0 unspecified atom stereocenters. The minimum atomic E-state index is -5.08. The Balaban J connectivity index is 0.000000406. The van der Waals surface area contributed by atoms with Crippen molar-refractivity contribution in [2.75, 3.05) is 12.9 Å². The maximum atomic E-state index is 14.0. The van der Waals surface area contributed by atoms with Crippen molar-refractivity contribution < 1.29 is 45.0 Å². The van der Waals surface area contributed by atoms with Gasteiger partial charge in [0.25, 0.3) is 10.0 Å². The SMILES string of the molecule is CS(=O)(=O)n1cc2c(n1)CN([C@H]1CO[C@H](c3cc(F)ccc3F)[C@@H](N)C1)C2.O=C(O)C(F)(F)F. The van der Waals surface area contributed by atoms with Crippen molar-refractivity contribution in [2.45, 2.75) is 43.9 Å². The molecule has 34 heavy (non-hydrogen) atoms. The molecule has 2 aliphatic rings. The van der Waals surface area contributed by atoms with Gasteiger partial charge in [-0.05, 0) is 24.6 Å². The fraction of sp³-hybridized carbons (Fsp3) is 0.474. The number of ether oxygens (including phenoxy) is 1. The van der Waals surface area contributed by atoms with Crippen LogP contribution in [0.3, 0.4) is 0 Å². The van der Waals surface area contributed by atoms with Crippen molar-refractivity contribution in [1.29, 1.82) is 0 Å². The van der Waals surface area contributed by atoms with Crippen LogP contribution in [0.4, 0.5) is 22.0 Å². The molecule has 15 heteroatoms. The van der Waals surface area contributed by atoms with Gasteiger partial charge in [-0.3, -0.25) is 4.90 Å². The summed E-state index contributed by atoms with van der Waals surface area (Å²) in [5, 5.41) is 11.3. The third-order valence-corrected chi connectivity index (χ3v) is 6.21. The lowest BCUT2D eigenvalue weighted by Gasteiger charge is -2.38. The first-order valence-electron chi connectivity index (χ1n) is 9.81. The molecule has 1 aromatic carbocycles. The van der Waals surface area contributed by atoms with Gasteiger partial charge in [-0.2, -0.15) is 22.4 Å². The summed E-state index contributed by atoms with van der Waals surface area (Å²) in [6.07, 6.45) is -2.60. The summed E-state index contributed by atoms with van der Waals surface area (Å²) in [4.78, 5) is 11.0. The Morgan fingerprint density at radius 3 is 2.44 bits per heavy atom. The number of fused-ring (bicyclic) bond motifs is 1. The van der Waals surface area contributed by atoms with Crippen LogP contribution in [0.25, 0.3) is 0 Å². The zero-order valence-electron chi connectivity index (χ0n) is 17.7. The van der Waals surface area contributed by atoms with E-state index in [4.69, 9.17) is 20.4 Å². The lowest BCUT2D eigenvalue weighted by atomic mass is 9.93. The minimum absolute atomic E-state index is 0.00578. The summed E-state index contributed by atoms with van der Waals surface area (Å²) in [5.41, 5.74) is 7.91. The molecule has 188 valence electrons. The molecule has 0 aliphatic carbocycles. The van der Waals surface area contributed by atoms with Crippen LogP contribution in [0.5, 0.6) is 0 Å². The Kier molecular flexibility index (Phi) is 7.31. The highest BCUT2D eigenvalue weighted by molar-refractivity contribution is 7.89. The predicted octanol–water partition coefficient (Wildman–Crippen LogP) is 1.78. The number of hydrogen-bond acceptors (Lipinski definition) is 7. The number of hydrogen-bond donors (Lipinski definition) is 2. The van der Waals surface area contributed by atoms with Crippen LogP contribution in [0.15, 0.2) is 24.4 Å². The van der Waals surface area contributed by atoms with E-state index in [0.717, 1.165) is 34.1 Å². The summed E-state index contributed by atoms with van der Waals surface area (Å²) in [5.74, 6) is -3.82. The first-order valence-corrected chi connectivity index (χ1v) is 11.7. The number of aromatic nitrogens is 2. The van der Waals surface area contributed by atoms with Crippen LogP contribution in [0.1, 0.15) is 29.3 Å². The monoisotopic (exact) mass is 512 g/mol. The zero-order valence-corrected chi connectivity index (χ0v) is 18.5.